The number of amides is 1. The van der Waals surface area contributed by atoms with Crippen LogP contribution >= 0.6 is 34.5 Å². The number of aryl methyl sites for hydroxylation is 1. The van der Waals surface area contributed by atoms with Gasteiger partial charge in [-0.3, -0.25) is 9.69 Å². The first-order chi connectivity index (χ1) is 14.6. The number of carbonyl (C=O) groups is 1. The van der Waals surface area contributed by atoms with E-state index < -0.39 is 9.84 Å². The van der Waals surface area contributed by atoms with E-state index in [2.05, 4.69) is 4.98 Å². The fourth-order valence-corrected chi connectivity index (χ4v) is 5.86. The van der Waals surface area contributed by atoms with Crippen LogP contribution < -0.4 is 9.80 Å². The van der Waals surface area contributed by atoms with Crippen molar-refractivity contribution < 1.29 is 18.1 Å². The van der Waals surface area contributed by atoms with Crippen molar-refractivity contribution in [3.63, 3.8) is 0 Å². The number of quaternary nitrogens is 1. The number of nitrogens with one attached hydrogen (secondary N) is 1. The van der Waals surface area contributed by atoms with Gasteiger partial charge in [-0.1, -0.05) is 34.5 Å². The van der Waals surface area contributed by atoms with Crippen LogP contribution in [-0.2, 0) is 14.6 Å². The Morgan fingerprint density at radius 1 is 1.13 bits per heavy atom. The van der Waals surface area contributed by atoms with Gasteiger partial charge in [0.15, 0.2) is 15.0 Å². The average Bonchev–Trinajstić information content (AvgIpc) is 3.10. The Hall–Kier alpha value is -1.71. The first-order valence-electron chi connectivity index (χ1n) is 9.71. The van der Waals surface area contributed by atoms with Gasteiger partial charge in [0.2, 0.25) is 5.91 Å². The Bertz CT molecular complexity index is 1190. The minimum Gasteiger partial charge on any atom is -0.338 e. The first-order valence-corrected chi connectivity index (χ1v) is 12.9. The summed E-state index contributed by atoms with van der Waals surface area (Å²) >= 11 is 13.4. The summed E-state index contributed by atoms with van der Waals surface area (Å²) in [5.74, 6) is -0.559. The monoisotopic (exact) mass is 500 g/mol. The summed E-state index contributed by atoms with van der Waals surface area (Å²) in [5, 5.41) is 1.62. The summed E-state index contributed by atoms with van der Waals surface area (Å²) in [7, 11) is 0.390. The predicted molar refractivity (Wildman–Crippen MR) is 128 cm³/mol. The molecule has 1 N–H and O–H groups in total. The van der Waals surface area contributed by atoms with Gasteiger partial charge >= 0.3 is 0 Å². The molecule has 31 heavy (non-hydrogen) atoms. The maximum Gasteiger partial charge on any atom is 0.230 e. The second-order valence-corrected chi connectivity index (χ2v) is 11.6. The van der Waals surface area contributed by atoms with Gasteiger partial charge in [0.05, 0.1) is 48.0 Å². The van der Waals surface area contributed by atoms with Crippen molar-refractivity contribution >= 4 is 65.6 Å². The Morgan fingerprint density at radius 2 is 1.81 bits per heavy atom. The molecule has 0 aliphatic carbocycles. The zero-order valence-electron chi connectivity index (χ0n) is 17.5. The van der Waals surface area contributed by atoms with Gasteiger partial charge < -0.3 is 4.90 Å². The lowest BCUT2D eigenvalue weighted by Gasteiger charge is -2.20. The lowest BCUT2D eigenvalue weighted by molar-refractivity contribution is -0.856. The molecule has 0 atom stereocenters. The molecular weight excluding hydrogens is 477 g/mol. The third kappa shape index (κ3) is 5.96. The molecular formula is C21H24Cl2N3O3S2+. The molecule has 3 rings (SSSR count). The van der Waals surface area contributed by atoms with Crippen molar-refractivity contribution in [1.29, 1.82) is 0 Å². The van der Waals surface area contributed by atoms with E-state index in [0.29, 0.717) is 28.3 Å². The topological polar surface area (TPSA) is 71.8 Å². The number of halogens is 2. The van der Waals surface area contributed by atoms with Crippen molar-refractivity contribution in [1.82, 2.24) is 4.98 Å². The summed E-state index contributed by atoms with van der Waals surface area (Å²) in [4.78, 5) is 20.7. The Balaban J connectivity index is 1.84. The van der Waals surface area contributed by atoms with E-state index in [1.165, 1.54) is 40.5 Å². The van der Waals surface area contributed by atoms with Crippen LogP contribution in [0.15, 0.2) is 41.3 Å². The standard InChI is InChI=1S/C21H23Cl2N3O3S2/c1-14-12-16(23)13-18-20(14)24-21(30-18)26(10-9-25(2)3)19(27)8-11-31(28,29)17-6-4-15(22)5-7-17/h4-7,12-13H,8-11H2,1-3H3/p+1. The lowest BCUT2D eigenvalue weighted by atomic mass is 10.2. The number of carbonyl (C=O) groups excluding carboxylic acids is 1. The van der Waals surface area contributed by atoms with E-state index in [4.69, 9.17) is 23.2 Å². The highest BCUT2D eigenvalue weighted by Crippen LogP contribution is 2.33. The number of aromatic nitrogens is 1. The van der Waals surface area contributed by atoms with Crippen LogP contribution in [0.2, 0.25) is 10.0 Å². The molecule has 0 bridgehead atoms. The van der Waals surface area contributed by atoms with E-state index >= 15 is 0 Å². The normalized spacial score (nSPS) is 11.9. The summed E-state index contributed by atoms with van der Waals surface area (Å²) in [6.07, 6.45) is -0.136. The molecule has 0 aliphatic heterocycles. The highest BCUT2D eigenvalue weighted by molar-refractivity contribution is 7.91. The van der Waals surface area contributed by atoms with Crippen LogP contribution in [0.25, 0.3) is 10.2 Å². The van der Waals surface area contributed by atoms with Crippen molar-refractivity contribution in [2.75, 3.05) is 37.8 Å². The maximum absolute atomic E-state index is 13.1. The Kier molecular flexibility index (Phi) is 7.59. The van der Waals surface area contributed by atoms with Crippen molar-refractivity contribution in [2.45, 2.75) is 18.2 Å². The number of nitrogens with zero attached hydrogens (tertiary/aromatic N) is 2. The van der Waals surface area contributed by atoms with Gasteiger partial charge in [0.25, 0.3) is 0 Å². The molecule has 0 aliphatic rings. The van der Waals surface area contributed by atoms with Gasteiger partial charge in [0, 0.05) is 16.5 Å². The Labute approximate surface area is 196 Å². The molecule has 2 aromatic carbocycles. The zero-order valence-corrected chi connectivity index (χ0v) is 20.6. The van der Waals surface area contributed by atoms with E-state index in [9.17, 15) is 13.2 Å². The molecule has 0 saturated carbocycles. The molecule has 0 saturated heterocycles. The van der Waals surface area contributed by atoms with E-state index in [1.54, 1.807) is 4.90 Å². The molecule has 3 aromatic rings. The molecule has 166 valence electrons. The predicted octanol–water partition coefficient (Wildman–Crippen LogP) is 3.25. The van der Waals surface area contributed by atoms with Crippen LogP contribution in [0.5, 0.6) is 0 Å². The van der Waals surface area contributed by atoms with Crippen molar-refractivity contribution in [2.24, 2.45) is 0 Å². The highest BCUT2D eigenvalue weighted by atomic mass is 35.5. The number of thiazole rings is 1. The third-order valence-corrected chi connectivity index (χ3v) is 7.99. The molecule has 0 unspecified atom stereocenters. The fourth-order valence-electron chi connectivity index (χ4n) is 3.04. The number of rotatable bonds is 8. The SMILES string of the molecule is Cc1cc(Cl)cc2sc(N(CC[NH+](C)C)C(=O)CCS(=O)(=O)c3ccc(Cl)cc3)nc12. The van der Waals surface area contributed by atoms with Gasteiger partial charge in [-0.2, -0.15) is 0 Å². The van der Waals surface area contributed by atoms with Crippen LogP contribution in [0.1, 0.15) is 12.0 Å². The van der Waals surface area contributed by atoms with Crippen molar-refractivity contribution in [3.05, 3.63) is 52.0 Å². The quantitative estimate of drug-likeness (QED) is 0.515. The Morgan fingerprint density at radius 3 is 2.45 bits per heavy atom. The average molecular weight is 501 g/mol. The minimum atomic E-state index is -3.60. The van der Waals surface area contributed by atoms with Crippen LogP contribution in [0, 0.1) is 6.92 Å². The molecule has 1 amide bonds. The smallest absolute Gasteiger partial charge is 0.230 e. The number of fused-ring (bicyclic) bond motifs is 1. The second-order valence-electron chi connectivity index (χ2n) is 7.59. The van der Waals surface area contributed by atoms with E-state index in [-0.39, 0.29) is 23.0 Å². The van der Waals surface area contributed by atoms with Gasteiger partial charge in [-0.05, 0) is 48.9 Å². The van der Waals surface area contributed by atoms with Gasteiger partial charge in [-0.25, -0.2) is 13.4 Å². The zero-order chi connectivity index (χ0) is 22.8. The van der Waals surface area contributed by atoms with E-state index in [0.717, 1.165) is 15.8 Å². The third-order valence-electron chi connectivity index (χ3n) is 4.76. The highest BCUT2D eigenvalue weighted by Gasteiger charge is 2.24. The fraction of sp³-hybridized carbons (Fsp3) is 0.333. The number of sulfone groups is 1. The largest absolute Gasteiger partial charge is 0.338 e. The second kappa shape index (κ2) is 9.83. The van der Waals surface area contributed by atoms with E-state index in [1.807, 2.05) is 33.2 Å². The van der Waals surface area contributed by atoms with Gasteiger partial charge in [-0.15, -0.1) is 0 Å². The molecule has 0 spiro atoms. The number of benzene rings is 2. The molecule has 0 radical (unpaired) electrons. The summed E-state index contributed by atoms with van der Waals surface area (Å²) in [6.45, 7) is 3.06. The van der Waals surface area contributed by atoms with Crippen LogP contribution in [0.3, 0.4) is 0 Å². The van der Waals surface area contributed by atoms with Crippen LogP contribution in [-0.4, -0.2) is 52.2 Å². The lowest BCUT2D eigenvalue weighted by Crippen LogP contribution is -3.06. The van der Waals surface area contributed by atoms with Gasteiger partial charge in [0.1, 0.15) is 0 Å². The van der Waals surface area contributed by atoms with Crippen molar-refractivity contribution in [3.8, 4) is 0 Å². The molecule has 10 heteroatoms. The number of anilines is 1. The molecule has 0 fully saturated rings. The summed E-state index contributed by atoms with van der Waals surface area (Å²) < 4.78 is 26.2. The number of hydrogen-bond donors (Lipinski definition) is 1. The maximum atomic E-state index is 13.1. The summed E-state index contributed by atoms with van der Waals surface area (Å²) in [6, 6.07) is 9.62. The minimum absolute atomic E-state index is 0.136. The molecule has 1 heterocycles. The summed E-state index contributed by atoms with van der Waals surface area (Å²) in [5.41, 5.74) is 1.73. The molecule has 1 aromatic heterocycles. The molecule has 6 nitrogen and oxygen atoms in total. The van der Waals surface area contributed by atoms with Crippen LogP contribution in [0.4, 0.5) is 5.13 Å². The number of hydrogen-bond acceptors (Lipinski definition) is 5. The first kappa shape index (κ1) is 23.9. The number of likely N-dealkylation sites (N-methyl/N-ethyl adjacent to an activating group) is 1.